The smallest absolute Gasteiger partial charge is 0.179 e. The number of halogens is 1. The Hall–Kier alpha value is -1.01. The van der Waals surface area contributed by atoms with Gasteiger partial charge in [0.15, 0.2) is 11.5 Å². The van der Waals surface area contributed by atoms with Crippen molar-refractivity contribution in [3.8, 4) is 11.5 Å². The van der Waals surface area contributed by atoms with E-state index in [-0.39, 0.29) is 0 Å². The fraction of sp³-hybridized carbons (Fsp3) is 0.571. The molecule has 0 aliphatic rings. The molecule has 0 aliphatic heterocycles. The summed E-state index contributed by atoms with van der Waals surface area (Å²) in [5.41, 5.74) is 0.994. The zero-order valence-corrected chi connectivity index (χ0v) is 12.9. The van der Waals surface area contributed by atoms with Gasteiger partial charge in [0.2, 0.25) is 0 Å². The molecule has 1 unspecified atom stereocenters. The molecule has 0 aliphatic carbocycles. The van der Waals surface area contributed by atoms with E-state index in [1.54, 1.807) is 21.3 Å². The van der Waals surface area contributed by atoms with Crippen LogP contribution in [0, 0.1) is 0 Å². The van der Waals surface area contributed by atoms with Crippen LogP contribution in [-0.2, 0) is 11.3 Å². The molecule has 1 aromatic rings. The van der Waals surface area contributed by atoms with Gasteiger partial charge < -0.3 is 24.6 Å². The topological polar surface area (TPSA) is 60.0 Å². The van der Waals surface area contributed by atoms with Crippen LogP contribution >= 0.6 is 11.6 Å². The first-order valence-corrected chi connectivity index (χ1v) is 6.78. The van der Waals surface area contributed by atoms with E-state index in [0.29, 0.717) is 42.6 Å². The van der Waals surface area contributed by atoms with E-state index < -0.39 is 6.10 Å². The summed E-state index contributed by atoms with van der Waals surface area (Å²) in [5.74, 6) is 1.14. The number of rotatable bonds is 9. The molecule has 1 atom stereocenters. The van der Waals surface area contributed by atoms with Gasteiger partial charge >= 0.3 is 0 Å². The summed E-state index contributed by atoms with van der Waals surface area (Å²) in [7, 11) is 4.70. The molecule has 1 aromatic carbocycles. The SMILES string of the molecule is COCC(O)CCNCc1cc(Cl)c(OC)c(OC)c1. The van der Waals surface area contributed by atoms with Gasteiger partial charge in [0, 0.05) is 13.7 Å². The second kappa shape index (κ2) is 9.02. The molecule has 0 saturated heterocycles. The van der Waals surface area contributed by atoms with Crippen molar-refractivity contribution < 1.29 is 19.3 Å². The molecular formula is C14H22ClNO4. The summed E-state index contributed by atoms with van der Waals surface area (Å²) < 4.78 is 15.3. The first-order valence-electron chi connectivity index (χ1n) is 6.40. The number of ether oxygens (including phenoxy) is 3. The standard InChI is InChI=1S/C14H22ClNO4/c1-18-9-11(17)4-5-16-8-10-6-12(15)14(20-3)13(7-10)19-2/h6-7,11,16-17H,4-5,8-9H2,1-3H3. The van der Waals surface area contributed by atoms with Gasteiger partial charge in [0.05, 0.1) is 32.0 Å². The summed E-state index contributed by atoms with van der Waals surface area (Å²) in [6.07, 6.45) is 0.191. The molecule has 0 spiro atoms. The molecule has 1 rings (SSSR count). The molecule has 0 fully saturated rings. The van der Waals surface area contributed by atoms with Crippen LogP contribution in [0.25, 0.3) is 0 Å². The Labute approximate surface area is 124 Å². The first-order chi connectivity index (χ1) is 9.62. The van der Waals surface area contributed by atoms with Gasteiger partial charge in [-0.25, -0.2) is 0 Å². The molecule has 0 heterocycles. The monoisotopic (exact) mass is 303 g/mol. The average Bonchev–Trinajstić information content (AvgIpc) is 2.43. The largest absolute Gasteiger partial charge is 0.493 e. The second-order valence-corrected chi connectivity index (χ2v) is 4.79. The van der Waals surface area contributed by atoms with Gasteiger partial charge in [0.1, 0.15) is 0 Å². The lowest BCUT2D eigenvalue weighted by Crippen LogP contribution is -2.23. The molecule has 114 valence electrons. The van der Waals surface area contributed by atoms with Gasteiger partial charge in [0.25, 0.3) is 0 Å². The Balaban J connectivity index is 2.50. The van der Waals surface area contributed by atoms with E-state index in [4.69, 9.17) is 25.8 Å². The van der Waals surface area contributed by atoms with Crippen molar-refractivity contribution in [3.63, 3.8) is 0 Å². The Morgan fingerprint density at radius 3 is 2.60 bits per heavy atom. The molecule has 5 nitrogen and oxygen atoms in total. The highest BCUT2D eigenvalue weighted by Gasteiger charge is 2.10. The predicted octanol–water partition coefficient (Wildman–Crippen LogP) is 1.84. The maximum atomic E-state index is 9.52. The van der Waals surface area contributed by atoms with Crippen LogP contribution in [0.4, 0.5) is 0 Å². The van der Waals surface area contributed by atoms with Crippen LogP contribution in [0.2, 0.25) is 5.02 Å². The van der Waals surface area contributed by atoms with Crippen molar-refractivity contribution in [3.05, 3.63) is 22.7 Å². The fourth-order valence-corrected chi connectivity index (χ4v) is 2.16. The first kappa shape index (κ1) is 17.0. The highest BCUT2D eigenvalue weighted by Crippen LogP contribution is 2.35. The van der Waals surface area contributed by atoms with Gasteiger partial charge in [-0.3, -0.25) is 0 Å². The molecule has 20 heavy (non-hydrogen) atoms. The summed E-state index contributed by atoms with van der Waals surface area (Å²) in [6.45, 7) is 1.68. The Morgan fingerprint density at radius 1 is 1.25 bits per heavy atom. The third-order valence-corrected chi connectivity index (χ3v) is 3.12. The van der Waals surface area contributed by atoms with Gasteiger partial charge in [-0.15, -0.1) is 0 Å². The van der Waals surface area contributed by atoms with E-state index in [9.17, 15) is 5.11 Å². The van der Waals surface area contributed by atoms with E-state index in [1.165, 1.54) is 0 Å². The Bertz CT molecular complexity index is 414. The normalized spacial score (nSPS) is 12.2. The van der Waals surface area contributed by atoms with Crippen LogP contribution in [0.5, 0.6) is 11.5 Å². The number of aliphatic hydroxyl groups excluding tert-OH is 1. The van der Waals surface area contributed by atoms with E-state index in [1.807, 2.05) is 12.1 Å². The molecule has 0 saturated carbocycles. The van der Waals surface area contributed by atoms with Gasteiger partial charge in [-0.05, 0) is 30.7 Å². The molecule has 2 N–H and O–H groups in total. The minimum Gasteiger partial charge on any atom is -0.493 e. The number of methoxy groups -OCH3 is 3. The van der Waals surface area contributed by atoms with Crippen molar-refractivity contribution in [2.45, 2.75) is 19.1 Å². The van der Waals surface area contributed by atoms with E-state index >= 15 is 0 Å². The zero-order valence-electron chi connectivity index (χ0n) is 12.1. The Kier molecular flexibility index (Phi) is 7.69. The third-order valence-electron chi connectivity index (χ3n) is 2.84. The number of hydrogen-bond acceptors (Lipinski definition) is 5. The summed E-state index contributed by atoms with van der Waals surface area (Å²) in [4.78, 5) is 0. The molecule has 6 heteroatoms. The third kappa shape index (κ3) is 5.17. The number of hydrogen-bond donors (Lipinski definition) is 2. The van der Waals surface area contributed by atoms with Crippen molar-refractivity contribution in [1.82, 2.24) is 5.32 Å². The highest BCUT2D eigenvalue weighted by molar-refractivity contribution is 6.32. The minimum absolute atomic E-state index is 0.351. The molecular weight excluding hydrogens is 282 g/mol. The van der Waals surface area contributed by atoms with Crippen molar-refractivity contribution in [2.75, 3.05) is 34.5 Å². The predicted molar refractivity (Wildman–Crippen MR) is 78.8 cm³/mol. The van der Waals surface area contributed by atoms with Crippen LogP contribution in [0.3, 0.4) is 0 Å². The maximum Gasteiger partial charge on any atom is 0.179 e. The zero-order chi connectivity index (χ0) is 15.0. The van der Waals surface area contributed by atoms with Crippen LogP contribution < -0.4 is 14.8 Å². The van der Waals surface area contributed by atoms with Gasteiger partial charge in [-0.2, -0.15) is 0 Å². The number of nitrogens with one attached hydrogen (secondary N) is 1. The van der Waals surface area contributed by atoms with Crippen molar-refractivity contribution in [1.29, 1.82) is 0 Å². The molecule has 0 bridgehead atoms. The van der Waals surface area contributed by atoms with Crippen molar-refractivity contribution in [2.24, 2.45) is 0 Å². The number of benzene rings is 1. The lowest BCUT2D eigenvalue weighted by atomic mass is 10.2. The minimum atomic E-state index is -0.443. The summed E-state index contributed by atoms with van der Waals surface area (Å²) in [6, 6.07) is 3.71. The van der Waals surface area contributed by atoms with Crippen LogP contribution in [-0.4, -0.2) is 45.7 Å². The number of aliphatic hydroxyl groups is 1. The summed E-state index contributed by atoms with van der Waals surface area (Å²) >= 11 is 6.13. The lowest BCUT2D eigenvalue weighted by molar-refractivity contribution is 0.0594. The quantitative estimate of drug-likeness (QED) is 0.682. The highest BCUT2D eigenvalue weighted by atomic mass is 35.5. The van der Waals surface area contributed by atoms with Crippen LogP contribution in [0.15, 0.2) is 12.1 Å². The second-order valence-electron chi connectivity index (χ2n) is 4.39. The fourth-order valence-electron chi connectivity index (χ4n) is 1.85. The Morgan fingerprint density at radius 2 is 2.00 bits per heavy atom. The van der Waals surface area contributed by atoms with E-state index in [0.717, 1.165) is 5.56 Å². The van der Waals surface area contributed by atoms with Gasteiger partial charge in [-0.1, -0.05) is 11.6 Å². The molecule has 0 aromatic heterocycles. The summed E-state index contributed by atoms with van der Waals surface area (Å²) in [5, 5.41) is 13.3. The van der Waals surface area contributed by atoms with Crippen molar-refractivity contribution >= 4 is 11.6 Å². The molecule has 0 amide bonds. The average molecular weight is 304 g/mol. The lowest BCUT2D eigenvalue weighted by Gasteiger charge is -2.13. The maximum absolute atomic E-state index is 9.52. The van der Waals surface area contributed by atoms with E-state index in [2.05, 4.69) is 5.32 Å². The molecule has 0 radical (unpaired) electrons. The van der Waals surface area contributed by atoms with Crippen LogP contribution in [0.1, 0.15) is 12.0 Å².